The van der Waals surface area contributed by atoms with E-state index in [2.05, 4.69) is 10.5 Å². The van der Waals surface area contributed by atoms with Gasteiger partial charge >= 0.3 is 5.97 Å². The zero-order chi connectivity index (χ0) is 17.1. The summed E-state index contributed by atoms with van der Waals surface area (Å²) in [5.74, 6) is -0.848. The number of rotatable bonds is 7. The molecule has 0 radical (unpaired) electrons. The van der Waals surface area contributed by atoms with Crippen LogP contribution in [-0.4, -0.2) is 36.0 Å². The number of nitrogens with zero attached hydrogens (tertiary/aromatic N) is 1. The van der Waals surface area contributed by atoms with Crippen molar-refractivity contribution in [2.24, 2.45) is 5.16 Å². The Hall–Kier alpha value is -1.88. The van der Waals surface area contributed by atoms with Crippen molar-refractivity contribution in [2.45, 2.75) is 53.2 Å². The Kier molecular flexibility index (Phi) is 9.87. The average molecular weight is 308 g/mol. The van der Waals surface area contributed by atoms with Crippen molar-refractivity contribution in [1.82, 2.24) is 5.32 Å². The van der Waals surface area contributed by atoms with E-state index >= 15 is 0 Å². The summed E-state index contributed by atoms with van der Waals surface area (Å²) in [6.45, 7) is 9.72. The SMILES string of the molecule is CC.CNC(Cc1ccc(/C(C)=N\OC(C)C)cc1)C(=O)O. The van der Waals surface area contributed by atoms with E-state index in [0.717, 1.165) is 16.8 Å². The molecule has 0 spiro atoms. The lowest BCUT2D eigenvalue weighted by molar-refractivity contribution is -0.139. The monoisotopic (exact) mass is 308 g/mol. The van der Waals surface area contributed by atoms with Gasteiger partial charge in [-0.3, -0.25) is 4.79 Å². The van der Waals surface area contributed by atoms with Crippen LogP contribution in [0.5, 0.6) is 0 Å². The zero-order valence-electron chi connectivity index (χ0n) is 14.4. The molecule has 1 unspecified atom stereocenters. The Morgan fingerprint density at radius 3 is 2.23 bits per heavy atom. The highest BCUT2D eigenvalue weighted by molar-refractivity contribution is 5.98. The van der Waals surface area contributed by atoms with Gasteiger partial charge in [0.1, 0.15) is 12.1 Å². The second-order valence-electron chi connectivity index (χ2n) is 4.91. The molecule has 1 rings (SSSR count). The van der Waals surface area contributed by atoms with Gasteiger partial charge in [-0.05, 0) is 45.4 Å². The number of hydrogen-bond donors (Lipinski definition) is 2. The van der Waals surface area contributed by atoms with Crippen molar-refractivity contribution >= 4 is 11.7 Å². The number of benzene rings is 1. The number of carbonyl (C=O) groups is 1. The summed E-state index contributed by atoms with van der Waals surface area (Å²) in [5, 5.41) is 15.8. The van der Waals surface area contributed by atoms with Gasteiger partial charge in [-0.1, -0.05) is 43.3 Å². The maximum Gasteiger partial charge on any atom is 0.321 e. The first kappa shape index (κ1) is 20.1. The summed E-state index contributed by atoms with van der Waals surface area (Å²) in [6, 6.07) is 7.10. The third-order valence-corrected chi connectivity index (χ3v) is 2.86. The summed E-state index contributed by atoms with van der Waals surface area (Å²) in [4.78, 5) is 16.2. The molecular formula is C17H28N2O3. The van der Waals surface area contributed by atoms with E-state index in [-0.39, 0.29) is 6.10 Å². The Balaban J connectivity index is 0.00000211. The molecule has 5 nitrogen and oxygen atoms in total. The molecule has 1 aromatic carbocycles. The number of likely N-dealkylation sites (N-methyl/N-ethyl adjacent to an activating group) is 1. The number of oxime groups is 1. The number of carboxylic acid groups (broad SMARTS) is 1. The molecule has 5 heteroatoms. The average Bonchev–Trinajstić information content (AvgIpc) is 2.52. The summed E-state index contributed by atoms with van der Waals surface area (Å²) in [6.07, 6.45) is 0.501. The van der Waals surface area contributed by atoms with Crippen LogP contribution in [0, 0.1) is 0 Å². The molecule has 124 valence electrons. The van der Waals surface area contributed by atoms with E-state index in [4.69, 9.17) is 9.94 Å². The van der Waals surface area contributed by atoms with Gasteiger partial charge in [-0.15, -0.1) is 0 Å². The molecule has 2 N–H and O–H groups in total. The van der Waals surface area contributed by atoms with Crippen LogP contribution in [0.1, 0.15) is 45.7 Å². The normalized spacial score (nSPS) is 12.4. The fourth-order valence-electron chi connectivity index (χ4n) is 1.67. The largest absolute Gasteiger partial charge is 0.480 e. The maximum absolute atomic E-state index is 11.0. The fraction of sp³-hybridized carbons (Fsp3) is 0.529. The summed E-state index contributed by atoms with van der Waals surface area (Å²) < 4.78 is 0. The highest BCUT2D eigenvalue weighted by Crippen LogP contribution is 2.09. The van der Waals surface area contributed by atoms with E-state index in [1.54, 1.807) is 7.05 Å². The predicted molar refractivity (Wildman–Crippen MR) is 90.4 cm³/mol. The van der Waals surface area contributed by atoms with Crippen LogP contribution in [0.3, 0.4) is 0 Å². The molecule has 0 saturated carbocycles. The minimum atomic E-state index is -0.848. The Bertz CT molecular complexity index is 467. The number of hydrogen-bond acceptors (Lipinski definition) is 4. The van der Waals surface area contributed by atoms with Crippen LogP contribution in [0.4, 0.5) is 0 Å². The molecule has 0 aromatic heterocycles. The van der Waals surface area contributed by atoms with E-state index in [9.17, 15) is 4.79 Å². The number of nitrogens with one attached hydrogen (secondary N) is 1. The lowest BCUT2D eigenvalue weighted by atomic mass is 10.0. The van der Waals surface area contributed by atoms with Gasteiger partial charge in [0.2, 0.25) is 0 Å². The highest BCUT2D eigenvalue weighted by Gasteiger charge is 2.15. The minimum absolute atomic E-state index is 0.0520. The maximum atomic E-state index is 11.0. The second kappa shape index (κ2) is 10.8. The van der Waals surface area contributed by atoms with Crippen LogP contribution >= 0.6 is 0 Å². The molecule has 0 aliphatic heterocycles. The van der Waals surface area contributed by atoms with Gasteiger partial charge in [0.05, 0.1) is 5.71 Å². The number of aliphatic carboxylic acids is 1. The first-order valence-electron chi connectivity index (χ1n) is 7.63. The van der Waals surface area contributed by atoms with Gasteiger partial charge < -0.3 is 15.3 Å². The topological polar surface area (TPSA) is 70.9 Å². The van der Waals surface area contributed by atoms with Gasteiger partial charge in [-0.25, -0.2) is 0 Å². The third kappa shape index (κ3) is 7.22. The molecule has 0 aliphatic rings. The van der Waals surface area contributed by atoms with E-state index in [1.165, 1.54) is 0 Å². The van der Waals surface area contributed by atoms with Crippen LogP contribution in [-0.2, 0) is 16.1 Å². The van der Waals surface area contributed by atoms with Crippen LogP contribution in [0.2, 0.25) is 0 Å². The molecule has 1 aromatic rings. The van der Waals surface area contributed by atoms with Crippen molar-refractivity contribution in [3.8, 4) is 0 Å². The van der Waals surface area contributed by atoms with Crippen molar-refractivity contribution in [3.05, 3.63) is 35.4 Å². The Morgan fingerprint density at radius 1 is 1.27 bits per heavy atom. The molecular weight excluding hydrogens is 280 g/mol. The first-order valence-corrected chi connectivity index (χ1v) is 7.63. The van der Waals surface area contributed by atoms with E-state index in [1.807, 2.05) is 58.9 Å². The third-order valence-electron chi connectivity index (χ3n) is 2.86. The highest BCUT2D eigenvalue weighted by atomic mass is 16.6. The lowest BCUT2D eigenvalue weighted by Crippen LogP contribution is -2.35. The van der Waals surface area contributed by atoms with Crippen molar-refractivity contribution in [2.75, 3.05) is 7.05 Å². The van der Waals surface area contributed by atoms with Crippen LogP contribution in [0.25, 0.3) is 0 Å². The first-order chi connectivity index (χ1) is 10.4. The van der Waals surface area contributed by atoms with Crippen LogP contribution < -0.4 is 5.32 Å². The minimum Gasteiger partial charge on any atom is -0.480 e. The molecule has 0 heterocycles. The lowest BCUT2D eigenvalue weighted by Gasteiger charge is -2.11. The summed E-state index contributed by atoms with van der Waals surface area (Å²) >= 11 is 0. The molecule has 0 amide bonds. The molecule has 22 heavy (non-hydrogen) atoms. The Labute approximate surface area is 133 Å². The van der Waals surface area contributed by atoms with Crippen LogP contribution in [0.15, 0.2) is 29.4 Å². The van der Waals surface area contributed by atoms with Crippen molar-refractivity contribution < 1.29 is 14.7 Å². The zero-order valence-corrected chi connectivity index (χ0v) is 14.4. The van der Waals surface area contributed by atoms with E-state index in [0.29, 0.717) is 6.42 Å². The van der Waals surface area contributed by atoms with Gasteiger partial charge in [-0.2, -0.15) is 0 Å². The smallest absolute Gasteiger partial charge is 0.321 e. The molecule has 0 fully saturated rings. The quantitative estimate of drug-likeness (QED) is 0.600. The van der Waals surface area contributed by atoms with Gasteiger partial charge in [0.25, 0.3) is 0 Å². The Morgan fingerprint density at radius 2 is 1.82 bits per heavy atom. The number of carboxylic acids is 1. The standard InChI is InChI=1S/C15H22N2O3.C2H6/c1-10(2)20-17-11(3)13-7-5-12(6-8-13)9-14(16-4)15(18)19;1-2/h5-8,10,14,16H,9H2,1-4H3,(H,18,19);1-2H3/b17-11-;. The molecule has 0 aliphatic carbocycles. The van der Waals surface area contributed by atoms with Gasteiger partial charge in [0, 0.05) is 0 Å². The fourth-order valence-corrected chi connectivity index (χ4v) is 1.67. The van der Waals surface area contributed by atoms with Gasteiger partial charge in [0.15, 0.2) is 0 Å². The predicted octanol–water partition coefficient (Wildman–Crippen LogP) is 3.08. The molecule has 0 saturated heterocycles. The summed E-state index contributed by atoms with van der Waals surface area (Å²) in [7, 11) is 1.65. The second-order valence-corrected chi connectivity index (χ2v) is 4.91. The summed E-state index contributed by atoms with van der Waals surface area (Å²) in [5.41, 5.74) is 2.73. The molecule has 0 bridgehead atoms. The van der Waals surface area contributed by atoms with E-state index < -0.39 is 12.0 Å². The molecule has 1 atom stereocenters. The van der Waals surface area contributed by atoms with Crippen molar-refractivity contribution in [3.63, 3.8) is 0 Å². The van der Waals surface area contributed by atoms with Crippen molar-refractivity contribution in [1.29, 1.82) is 0 Å².